The summed E-state index contributed by atoms with van der Waals surface area (Å²) in [4.78, 5) is 46.0. The number of aliphatic hydroxyl groups is 3. The Morgan fingerprint density at radius 1 is 0.846 bits per heavy atom. The van der Waals surface area contributed by atoms with Crippen LogP contribution in [-0.4, -0.2) is 183 Å². The summed E-state index contributed by atoms with van der Waals surface area (Å²) in [6, 6.07) is 18.2. The number of carbonyl (C=O) groups is 3. The quantitative estimate of drug-likeness (QED) is 0.0943. The van der Waals surface area contributed by atoms with E-state index in [9.17, 15) is 29.7 Å². The first kappa shape index (κ1) is 62.4. The maximum atomic E-state index is 15.0. The SMILES string of the molecule is CC[C@@H]1OC(=O)[C@H](C)[C@H](O[C@H]2C[C@@](C)(OC)[C@@H](OC(=O)NCc3cn(Cc4ccccc4)nn3)[C@H](C)O2)[C@H](C)[C@@H](O[C@@H]2O[C@H](C)C[C@H](N(C)C)[C@H]2O)[C@](C)(O)C[C@@H](C)CN(C)[C@@H](C)[C@H](OC(=O)NCc2ccccc2)[C@]1(C)O. The van der Waals surface area contributed by atoms with Crippen LogP contribution in [0, 0.1) is 17.8 Å². The summed E-state index contributed by atoms with van der Waals surface area (Å²) in [5.74, 6) is -3.04. The van der Waals surface area contributed by atoms with Crippen molar-refractivity contribution in [3.63, 3.8) is 0 Å². The Labute approximate surface area is 460 Å². The average molecular weight is 1100 g/mol. The summed E-state index contributed by atoms with van der Waals surface area (Å²) >= 11 is 0. The Kier molecular flexibility index (Phi) is 21.7. The number of methoxy groups -OCH3 is 1. The highest BCUT2D eigenvalue weighted by Gasteiger charge is 2.54. The Morgan fingerprint density at radius 3 is 2.08 bits per heavy atom. The smallest absolute Gasteiger partial charge is 0.407 e. The lowest BCUT2D eigenvalue weighted by Crippen LogP contribution is -2.61. The highest BCUT2D eigenvalue weighted by Crippen LogP contribution is 2.41. The van der Waals surface area contributed by atoms with Crippen molar-refractivity contribution in [1.82, 2.24) is 35.4 Å². The number of ether oxygens (including phenoxy) is 8. The lowest BCUT2D eigenvalue weighted by molar-refractivity contribution is -0.317. The van der Waals surface area contributed by atoms with Gasteiger partial charge in [-0.05, 0) is 106 Å². The first-order chi connectivity index (χ1) is 36.8. The number of aliphatic hydroxyl groups excluding tert-OH is 1. The fourth-order valence-electron chi connectivity index (χ4n) is 11.7. The monoisotopic (exact) mass is 1100 g/mol. The molecule has 0 unspecified atom stereocenters. The van der Waals surface area contributed by atoms with E-state index in [-0.39, 0.29) is 50.4 Å². The number of esters is 1. The Bertz CT molecular complexity index is 2360. The molecule has 21 nitrogen and oxygen atoms in total. The zero-order valence-electron chi connectivity index (χ0n) is 48.2. The minimum atomic E-state index is -1.94. The molecule has 21 heteroatoms. The topological polar surface area (TPSA) is 247 Å². The predicted octanol–water partition coefficient (Wildman–Crippen LogP) is 5.41. The standard InChI is InChI=1S/C57H89N7O14/c1-15-44-57(10,70)49(77-53(67)58-29-40-22-18-16-19-23-40)38(6)63(13)31-34(2)27-55(8,69)48(76-52-46(65)43(62(11)12)26-35(3)72-52)36(4)47(37(5)51(66)74-44)75-45-28-56(9,71-14)50(39(7)73-45)78-54(68)59-30-42-33-64(61-60-42)32-41-24-20-17-21-25-41/h16-25,33-39,43-50,52,65,69-70H,15,26-32H2,1-14H3,(H,58,67)(H,59,68)/t34-,35-,36+,37-,38+,39+,43+,44+,45+,46-,47-,48-,49+,50+,52+,55-,56-,57-/m1/s1. The van der Waals surface area contributed by atoms with E-state index >= 15 is 0 Å². The number of rotatable bonds is 15. The molecule has 2 aromatic carbocycles. The zero-order valence-corrected chi connectivity index (χ0v) is 48.2. The summed E-state index contributed by atoms with van der Waals surface area (Å²) in [7, 11) is 7.09. The van der Waals surface area contributed by atoms with Crippen LogP contribution in [0.25, 0.3) is 0 Å². The number of likely N-dealkylation sites (N-methyl/N-ethyl adjacent to an activating group) is 2. The van der Waals surface area contributed by atoms with Crippen LogP contribution in [0.5, 0.6) is 0 Å². The largest absolute Gasteiger partial charge is 0.459 e. The molecular weight excluding hydrogens is 1010 g/mol. The van der Waals surface area contributed by atoms with Gasteiger partial charge in [-0.15, -0.1) is 5.10 Å². The molecule has 4 heterocycles. The molecule has 6 rings (SSSR count). The molecule has 0 bridgehead atoms. The third-order valence-corrected chi connectivity index (χ3v) is 16.1. The molecule has 3 aliphatic rings. The van der Waals surface area contributed by atoms with E-state index in [1.165, 1.54) is 14.0 Å². The van der Waals surface area contributed by atoms with Crippen molar-refractivity contribution in [3.8, 4) is 0 Å². The number of nitrogens with one attached hydrogen (secondary N) is 2. The summed E-state index contributed by atoms with van der Waals surface area (Å²) in [6.07, 6.45) is -9.20. The predicted molar refractivity (Wildman–Crippen MR) is 288 cm³/mol. The fraction of sp³-hybridized carbons (Fsp3) is 0.702. The molecule has 5 N–H and O–H groups in total. The van der Waals surface area contributed by atoms with Gasteiger partial charge in [0.05, 0.1) is 55.2 Å². The third-order valence-electron chi connectivity index (χ3n) is 16.1. The second-order valence-electron chi connectivity index (χ2n) is 23.0. The van der Waals surface area contributed by atoms with Crippen LogP contribution in [0.1, 0.15) is 112 Å². The van der Waals surface area contributed by atoms with Crippen LogP contribution in [0.2, 0.25) is 0 Å². The molecular formula is C57H89N7O14. The second-order valence-corrected chi connectivity index (χ2v) is 23.0. The molecule has 18 atom stereocenters. The number of carbonyl (C=O) groups excluding carboxylic acids is 3. The van der Waals surface area contributed by atoms with Gasteiger partial charge in [-0.2, -0.15) is 0 Å². The van der Waals surface area contributed by atoms with E-state index in [4.69, 9.17) is 37.9 Å². The highest BCUT2D eigenvalue weighted by molar-refractivity contribution is 5.73. The normalized spacial score (nSPS) is 36.6. The van der Waals surface area contributed by atoms with Crippen molar-refractivity contribution in [3.05, 3.63) is 83.7 Å². The number of aromatic nitrogens is 3. The number of amides is 2. The van der Waals surface area contributed by atoms with Crippen LogP contribution in [-0.2, 0) is 62.3 Å². The third kappa shape index (κ3) is 15.8. The number of alkyl carbamates (subject to hydrolysis) is 2. The van der Waals surface area contributed by atoms with Gasteiger partial charge in [0.15, 0.2) is 24.8 Å². The maximum absolute atomic E-state index is 15.0. The van der Waals surface area contributed by atoms with Gasteiger partial charge in [0.1, 0.15) is 29.1 Å². The molecule has 3 aliphatic heterocycles. The minimum absolute atomic E-state index is 0.0118. The van der Waals surface area contributed by atoms with Crippen LogP contribution in [0.15, 0.2) is 66.9 Å². The average Bonchev–Trinajstić information content (AvgIpc) is 3.86. The molecule has 3 aromatic rings. The van der Waals surface area contributed by atoms with E-state index in [1.54, 1.807) is 52.4 Å². The first-order valence-corrected chi connectivity index (χ1v) is 27.5. The summed E-state index contributed by atoms with van der Waals surface area (Å²) in [6.45, 7) is 18.7. The number of hydrogen-bond acceptors (Lipinski definition) is 18. The van der Waals surface area contributed by atoms with E-state index in [0.717, 1.165) is 11.1 Å². The molecule has 0 spiro atoms. The van der Waals surface area contributed by atoms with Crippen molar-refractivity contribution < 1.29 is 67.6 Å². The second kappa shape index (κ2) is 27.1. The molecule has 2 amide bonds. The first-order valence-electron chi connectivity index (χ1n) is 27.5. The van der Waals surface area contributed by atoms with Crippen molar-refractivity contribution >= 4 is 18.2 Å². The summed E-state index contributed by atoms with van der Waals surface area (Å²) in [5, 5.41) is 51.4. The van der Waals surface area contributed by atoms with Gasteiger partial charge in [-0.1, -0.05) is 86.6 Å². The lowest BCUT2D eigenvalue weighted by atomic mass is 9.77. The maximum Gasteiger partial charge on any atom is 0.407 e. The summed E-state index contributed by atoms with van der Waals surface area (Å²) < 4.78 is 53.1. The fourth-order valence-corrected chi connectivity index (χ4v) is 11.7. The van der Waals surface area contributed by atoms with Crippen LogP contribution in [0.3, 0.4) is 0 Å². The molecule has 436 valence electrons. The van der Waals surface area contributed by atoms with Crippen LogP contribution >= 0.6 is 0 Å². The molecule has 3 saturated heterocycles. The molecule has 0 aliphatic carbocycles. The van der Waals surface area contributed by atoms with Gasteiger partial charge >= 0.3 is 18.2 Å². The van der Waals surface area contributed by atoms with Crippen LogP contribution < -0.4 is 10.6 Å². The lowest BCUT2D eigenvalue weighted by Gasteiger charge is -2.49. The Morgan fingerprint density at radius 2 is 1.46 bits per heavy atom. The molecule has 0 radical (unpaired) electrons. The van der Waals surface area contributed by atoms with E-state index < -0.39 is 108 Å². The van der Waals surface area contributed by atoms with Gasteiger partial charge in [0, 0.05) is 44.6 Å². The molecule has 3 fully saturated rings. The Balaban J connectivity index is 1.30. The van der Waals surface area contributed by atoms with Crippen molar-refractivity contribution in [2.24, 2.45) is 17.8 Å². The number of nitrogens with zero attached hydrogens (tertiary/aromatic N) is 5. The number of hydrogen-bond donors (Lipinski definition) is 5. The van der Waals surface area contributed by atoms with Gasteiger partial charge in [0.2, 0.25) is 0 Å². The van der Waals surface area contributed by atoms with Crippen molar-refractivity contribution in [1.29, 1.82) is 0 Å². The van der Waals surface area contributed by atoms with Crippen LogP contribution in [0.4, 0.5) is 9.59 Å². The Hall–Kier alpha value is -4.81. The van der Waals surface area contributed by atoms with Gasteiger partial charge in [0.25, 0.3) is 0 Å². The molecule has 1 aromatic heterocycles. The summed E-state index contributed by atoms with van der Waals surface area (Å²) in [5.41, 5.74) is -2.40. The molecule has 78 heavy (non-hydrogen) atoms. The van der Waals surface area contributed by atoms with Gasteiger partial charge in [-0.25, -0.2) is 14.3 Å². The van der Waals surface area contributed by atoms with Gasteiger partial charge < -0.3 is 68.7 Å². The van der Waals surface area contributed by atoms with E-state index in [2.05, 4.69) is 20.9 Å². The minimum Gasteiger partial charge on any atom is -0.459 e. The van der Waals surface area contributed by atoms with Crippen molar-refractivity contribution in [2.75, 3.05) is 34.8 Å². The molecule has 0 saturated carbocycles. The zero-order chi connectivity index (χ0) is 57.3. The van der Waals surface area contributed by atoms with Gasteiger partial charge in [-0.3, -0.25) is 9.69 Å². The highest BCUT2D eigenvalue weighted by atomic mass is 16.7. The van der Waals surface area contributed by atoms with E-state index in [1.807, 2.05) is 112 Å². The number of cyclic esters (lactones) is 1. The van der Waals surface area contributed by atoms with Crippen molar-refractivity contribution in [2.45, 2.75) is 205 Å². The number of benzene rings is 2. The van der Waals surface area contributed by atoms with E-state index in [0.29, 0.717) is 25.2 Å².